The van der Waals surface area contributed by atoms with Gasteiger partial charge in [0.15, 0.2) is 0 Å². The van der Waals surface area contributed by atoms with Gasteiger partial charge in [0.1, 0.15) is 0 Å². The second-order valence-electron chi connectivity index (χ2n) is 8.71. The molecule has 114 valence electrons. The number of nitrogens with zero attached hydrogens (tertiary/aromatic N) is 2. The predicted octanol–water partition coefficient (Wildman–Crippen LogP) is 4.53. The molecule has 0 aromatic carbocycles. The topological polar surface area (TPSA) is 6.48 Å². The van der Waals surface area contributed by atoms with E-state index in [1.54, 1.807) is 0 Å². The van der Waals surface area contributed by atoms with Crippen LogP contribution in [0.1, 0.15) is 62.3 Å². The standard InChI is InChI=1S/C14H30Cl2GeN2/c1-12(2,3)11-10-18(13(4,5)6)17(15,16)19(11)14(7,8)9/h11H,10H2,1-9H3/t11-/m0/s1. The van der Waals surface area contributed by atoms with Crippen LogP contribution in [0.4, 0.5) is 0 Å². The van der Waals surface area contributed by atoms with Gasteiger partial charge in [-0.2, -0.15) is 0 Å². The average Bonchev–Trinajstić information content (AvgIpc) is 2.33. The zero-order valence-corrected chi connectivity index (χ0v) is 17.5. The van der Waals surface area contributed by atoms with E-state index in [9.17, 15) is 0 Å². The molecule has 0 aromatic rings. The van der Waals surface area contributed by atoms with Crippen LogP contribution in [-0.4, -0.2) is 43.2 Å². The van der Waals surface area contributed by atoms with E-state index >= 15 is 0 Å². The van der Waals surface area contributed by atoms with E-state index < -0.39 is 11.9 Å². The maximum atomic E-state index is 6.97. The van der Waals surface area contributed by atoms with Gasteiger partial charge in [-0.05, 0) is 0 Å². The number of rotatable bonds is 0. The van der Waals surface area contributed by atoms with Crippen LogP contribution in [0, 0.1) is 5.41 Å². The Kier molecular flexibility index (Phi) is 4.81. The van der Waals surface area contributed by atoms with Crippen LogP contribution < -0.4 is 0 Å². The molecule has 5 heteroatoms. The van der Waals surface area contributed by atoms with Crippen molar-refractivity contribution in [2.45, 2.75) is 79.4 Å². The summed E-state index contributed by atoms with van der Waals surface area (Å²) >= 11 is -3.22. The first-order valence-corrected chi connectivity index (χ1v) is 14.4. The third-order valence-electron chi connectivity index (χ3n) is 3.81. The fraction of sp³-hybridized carbons (Fsp3) is 1.00. The minimum atomic E-state index is -3.22. The fourth-order valence-electron chi connectivity index (χ4n) is 2.89. The molecule has 1 aliphatic rings. The van der Waals surface area contributed by atoms with E-state index in [2.05, 4.69) is 70.0 Å². The van der Waals surface area contributed by atoms with Gasteiger partial charge in [-0.3, -0.25) is 0 Å². The molecule has 0 aliphatic carbocycles. The Bertz CT molecular complexity index is 337. The first kappa shape index (κ1) is 18.1. The average molecular weight is 370 g/mol. The second-order valence-corrected chi connectivity index (χ2v) is 19.5. The SMILES string of the molecule is CC(C)(C)[C@@H]1C[N](C(C)(C)C)[Ge]([Cl])([Cl])[N]1C(C)(C)C. The van der Waals surface area contributed by atoms with Gasteiger partial charge >= 0.3 is 131 Å². The molecule has 0 aromatic heterocycles. The van der Waals surface area contributed by atoms with Gasteiger partial charge in [0, 0.05) is 0 Å². The molecule has 1 aliphatic heterocycles. The normalized spacial score (nSPS) is 27.0. The quantitative estimate of drug-likeness (QED) is 0.579. The van der Waals surface area contributed by atoms with Crippen LogP contribution in [0.25, 0.3) is 0 Å². The summed E-state index contributed by atoms with van der Waals surface area (Å²) in [6.07, 6.45) is 0. The van der Waals surface area contributed by atoms with Crippen molar-refractivity contribution in [1.82, 2.24) is 7.71 Å². The van der Waals surface area contributed by atoms with E-state index in [1.165, 1.54) is 0 Å². The van der Waals surface area contributed by atoms with Gasteiger partial charge in [0.05, 0.1) is 0 Å². The third kappa shape index (κ3) is 3.63. The summed E-state index contributed by atoms with van der Waals surface area (Å²) in [6.45, 7) is 21.1. The van der Waals surface area contributed by atoms with E-state index in [4.69, 9.17) is 20.0 Å². The van der Waals surface area contributed by atoms with Crippen molar-refractivity contribution < 1.29 is 0 Å². The first-order chi connectivity index (χ1) is 8.09. The third-order valence-corrected chi connectivity index (χ3v) is 14.3. The van der Waals surface area contributed by atoms with Gasteiger partial charge in [-0.1, -0.05) is 0 Å². The molecule has 1 saturated heterocycles. The van der Waals surface area contributed by atoms with Gasteiger partial charge < -0.3 is 0 Å². The van der Waals surface area contributed by atoms with E-state index in [0.29, 0.717) is 6.04 Å². The Morgan fingerprint density at radius 1 is 0.842 bits per heavy atom. The molecule has 0 spiro atoms. The van der Waals surface area contributed by atoms with Crippen LogP contribution in [0.15, 0.2) is 0 Å². The van der Waals surface area contributed by atoms with Crippen LogP contribution >= 0.6 is 20.0 Å². The van der Waals surface area contributed by atoms with Crippen LogP contribution in [0.5, 0.6) is 0 Å². The summed E-state index contributed by atoms with van der Waals surface area (Å²) in [5.41, 5.74) is 0.196. The number of halogens is 2. The molecule has 0 radical (unpaired) electrons. The molecule has 0 saturated carbocycles. The van der Waals surface area contributed by atoms with Gasteiger partial charge in [0.2, 0.25) is 0 Å². The molecule has 0 amide bonds. The van der Waals surface area contributed by atoms with Crippen LogP contribution in [0.3, 0.4) is 0 Å². The number of hydrogen-bond acceptors (Lipinski definition) is 2. The van der Waals surface area contributed by atoms with Crippen molar-refractivity contribution in [3.05, 3.63) is 0 Å². The van der Waals surface area contributed by atoms with Crippen molar-refractivity contribution in [3.8, 4) is 0 Å². The molecular weight excluding hydrogens is 340 g/mol. The Balaban J connectivity index is 3.30. The summed E-state index contributed by atoms with van der Waals surface area (Å²) in [4.78, 5) is 0. The van der Waals surface area contributed by atoms with Crippen molar-refractivity contribution in [2.75, 3.05) is 6.54 Å². The van der Waals surface area contributed by atoms with Crippen molar-refractivity contribution >= 4 is 31.9 Å². The molecule has 1 fully saturated rings. The number of hydrogen-bond donors (Lipinski definition) is 0. The van der Waals surface area contributed by atoms with Crippen LogP contribution in [-0.2, 0) is 0 Å². The molecule has 19 heavy (non-hydrogen) atoms. The predicted molar refractivity (Wildman–Crippen MR) is 88.8 cm³/mol. The molecular formula is C14H30Cl2GeN2. The summed E-state index contributed by atoms with van der Waals surface area (Å²) in [5, 5.41) is 0. The van der Waals surface area contributed by atoms with Crippen LogP contribution in [0.2, 0.25) is 0 Å². The first-order valence-electron chi connectivity index (χ1n) is 7.04. The molecule has 0 bridgehead atoms. The Morgan fingerprint density at radius 3 is 1.47 bits per heavy atom. The Labute approximate surface area is 131 Å². The molecule has 1 rings (SSSR count). The van der Waals surface area contributed by atoms with E-state index in [-0.39, 0.29) is 16.5 Å². The summed E-state index contributed by atoms with van der Waals surface area (Å²) in [7, 11) is 13.9. The van der Waals surface area contributed by atoms with Gasteiger partial charge in [-0.15, -0.1) is 0 Å². The van der Waals surface area contributed by atoms with E-state index in [0.717, 1.165) is 6.54 Å². The monoisotopic (exact) mass is 370 g/mol. The minimum absolute atomic E-state index is 0.00144. The molecule has 0 unspecified atom stereocenters. The van der Waals surface area contributed by atoms with Gasteiger partial charge in [-0.25, -0.2) is 0 Å². The molecule has 0 N–H and O–H groups in total. The maximum absolute atomic E-state index is 6.97. The molecule has 1 heterocycles. The zero-order chi connectivity index (χ0) is 15.4. The van der Waals surface area contributed by atoms with Gasteiger partial charge in [0.25, 0.3) is 0 Å². The van der Waals surface area contributed by atoms with Crippen molar-refractivity contribution in [2.24, 2.45) is 5.41 Å². The Hall–Kier alpha value is 1.04. The fourth-order valence-corrected chi connectivity index (χ4v) is 16.6. The van der Waals surface area contributed by atoms with Crippen molar-refractivity contribution in [1.29, 1.82) is 0 Å². The van der Waals surface area contributed by atoms with E-state index in [1.807, 2.05) is 0 Å². The Morgan fingerprint density at radius 2 is 1.26 bits per heavy atom. The summed E-state index contributed by atoms with van der Waals surface area (Å²) in [6, 6.07) is 0.404. The summed E-state index contributed by atoms with van der Waals surface area (Å²) in [5.74, 6) is 0. The summed E-state index contributed by atoms with van der Waals surface area (Å²) < 4.78 is 4.83. The molecule has 1 atom stereocenters. The van der Waals surface area contributed by atoms with Crippen molar-refractivity contribution in [3.63, 3.8) is 0 Å². The zero-order valence-electron chi connectivity index (χ0n) is 13.9. The second kappa shape index (κ2) is 5.05. The molecule has 2 nitrogen and oxygen atoms in total.